The molecule has 0 aromatic carbocycles. The molecule has 3 rings (SSSR count). The van der Waals surface area contributed by atoms with Gasteiger partial charge in [-0.05, 0) is 43.7 Å². The van der Waals surface area contributed by atoms with Crippen molar-refractivity contribution < 1.29 is 9.13 Å². The third-order valence-electron chi connectivity index (χ3n) is 3.91. The van der Waals surface area contributed by atoms with Crippen molar-refractivity contribution in [2.45, 2.75) is 44.4 Å². The van der Waals surface area contributed by atoms with Crippen molar-refractivity contribution in [3.05, 3.63) is 29.8 Å². The van der Waals surface area contributed by atoms with Gasteiger partial charge in [-0.15, -0.1) is 0 Å². The zero-order valence-electron chi connectivity index (χ0n) is 10.6. The van der Waals surface area contributed by atoms with Crippen LogP contribution in [0.15, 0.2) is 18.5 Å². The SMILES string of the molecule is CC(NC1CCOC1C1CC1)c1cncc(F)c1. The number of hydrogen-bond donors (Lipinski definition) is 1. The highest BCUT2D eigenvalue weighted by atomic mass is 19.1. The Labute approximate surface area is 107 Å². The summed E-state index contributed by atoms with van der Waals surface area (Å²) in [5.74, 6) is 0.463. The Bertz CT molecular complexity index is 422. The zero-order valence-corrected chi connectivity index (χ0v) is 10.6. The Hall–Kier alpha value is -1.00. The maximum Gasteiger partial charge on any atom is 0.141 e. The maximum atomic E-state index is 13.1. The zero-order chi connectivity index (χ0) is 12.5. The molecule has 1 aliphatic heterocycles. The van der Waals surface area contributed by atoms with Crippen LogP contribution in [0.25, 0.3) is 0 Å². The number of pyridine rings is 1. The molecule has 1 saturated carbocycles. The second kappa shape index (κ2) is 4.94. The van der Waals surface area contributed by atoms with Crippen molar-refractivity contribution in [1.29, 1.82) is 0 Å². The summed E-state index contributed by atoms with van der Waals surface area (Å²) in [6, 6.07) is 2.06. The fourth-order valence-corrected chi connectivity index (χ4v) is 2.76. The summed E-state index contributed by atoms with van der Waals surface area (Å²) in [4.78, 5) is 3.90. The molecule has 0 radical (unpaired) electrons. The lowest BCUT2D eigenvalue weighted by Gasteiger charge is -2.24. The molecular weight excluding hydrogens is 231 g/mol. The minimum absolute atomic E-state index is 0.112. The molecule has 3 unspecified atom stereocenters. The number of rotatable bonds is 4. The number of hydrogen-bond acceptors (Lipinski definition) is 3. The number of halogens is 1. The first-order valence-corrected chi connectivity index (χ1v) is 6.72. The van der Waals surface area contributed by atoms with Crippen LogP contribution < -0.4 is 5.32 Å². The first-order valence-electron chi connectivity index (χ1n) is 6.72. The van der Waals surface area contributed by atoms with Crippen LogP contribution in [0.2, 0.25) is 0 Å². The Morgan fingerprint density at radius 1 is 1.39 bits per heavy atom. The molecule has 1 N–H and O–H groups in total. The largest absolute Gasteiger partial charge is 0.376 e. The van der Waals surface area contributed by atoms with Crippen LogP contribution in [0.3, 0.4) is 0 Å². The first kappa shape index (κ1) is 12.1. The summed E-state index contributed by atoms with van der Waals surface area (Å²) in [6.45, 7) is 2.89. The standard InChI is InChI=1S/C14H19FN2O/c1-9(11-6-12(15)8-16-7-11)17-13-4-5-18-14(13)10-2-3-10/h6-10,13-14,17H,2-5H2,1H3. The van der Waals surface area contributed by atoms with Crippen molar-refractivity contribution in [3.63, 3.8) is 0 Å². The van der Waals surface area contributed by atoms with E-state index in [0.29, 0.717) is 12.1 Å². The molecule has 3 nitrogen and oxygen atoms in total. The van der Waals surface area contributed by atoms with Gasteiger partial charge in [0.25, 0.3) is 0 Å². The summed E-state index contributed by atoms with van der Waals surface area (Å²) in [6.07, 6.45) is 6.95. The second-order valence-corrected chi connectivity index (χ2v) is 5.39. The van der Waals surface area contributed by atoms with Crippen LogP contribution in [0, 0.1) is 11.7 Å². The molecule has 2 fully saturated rings. The lowest BCUT2D eigenvalue weighted by molar-refractivity contribution is 0.0792. The van der Waals surface area contributed by atoms with Gasteiger partial charge in [-0.3, -0.25) is 4.98 Å². The van der Waals surface area contributed by atoms with E-state index < -0.39 is 0 Å². The number of ether oxygens (including phenoxy) is 1. The number of aromatic nitrogens is 1. The number of nitrogens with one attached hydrogen (secondary N) is 1. The van der Waals surface area contributed by atoms with Gasteiger partial charge < -0.3 is 10.1 Å². The maximum absolute atomic E-state index is 13.1. The van der Waals surface area contributed by atoms with Gasteiger partial charge in [-0.1, -0.05) is 0 Å². The van der Waals surface area contributed by atoms with Gasteiger partial charge >= 0.3 is 0 Å². The molecule has 1 aliphatic carbocycles. The molecule has 18 heavy (non-hydrogen) atoms. The lowest BCUT2D eigenvalue weighted by Crippen LogP contribution is -2.39. The molecule has 0 amide bonds. The van der Waals surface area contributed by atoms with Crippen molar-refractivity contribution in [2.75, 3.05) is 6.61 Å². The van der Waals surface area contributed by atoms with Gasteiger partial charge in [0, 0.05) is 24.9 Å². The van der Waals surface area contributed by atoms with E-state index in [0.717, 1.165) is 24.5 Å². The van der Waals surface area contributed by atoms with Crippen LogP contribution in [-0.2, 0) is 4.74 Å². The normalized spacial score (nSPS) is 29.4. The van der Waals surface area contributed by atoms with E-state index >= 15 is 0 Å². The third-order valence-corrected chi connectivity index (χ3v) is 3.91. The van der Waals surface area contributed by atoms with Crippen molar-refractivity contribution in [1.82, 2.24) is 10.3 Å². The number of nitrogens with zero attached hydrogens (tertiary/aromatic N) is 1. The Morgan fingerprint density at radius 3 is 2.94 bits per heavy atom. The third kappa shape index (κ3) is 2.54. The van der Waals surface area contributed by atoms with Gasteiger partial charge in [-0.25, -0.2) is 4.39 Å². The van der Waals surface area contributed by atoms with E-state index in [1.807, 2.05) is 0 Å². The average Bonchev–Trinajstić information content (AvgIpc) is 3.10. The van der Waals surface area contributed by atoms with Gasteiger partial charge in [0.1, 0.15) is 5.82 Å². The highest BCUT2D eigenvalue weighted by Gasteiger charge is 2.40. The van der Waals surface area contributed by atoms with Crippen molar-refractivity contribution in [2.24, 2.45) is 5.92 Å². The van der Waals surface area contributed by atoms with Crippen molar-refractivity contribution >= 4 is 0 Å². The highest BCUT2D eigenvalue weighted by Crippen LogP contribution is 2.39. The highest BCUT2D eigenvalue weighted by molar-refractivity contribution is 5.14. The van der Waals surface area contributed by atoms with Gasteiger partial charge in [0.05, 0.1) is 12.3 Å². The van der Waals surface area contributed by atoms with E-state index in [2.05, 4.69) is 17.2 Å². The first-order chi connectivity index (χ1) is 8.74. The molecule has 3 atom stereocenters. The van der Waals surface area contributed by atoms with E-state index in [4.69, 9.17) is 4.74 Å². The Balaban J connectivity index is 1.64. The summed E-state index contributed by atoms with van der Waals surface area (Å²) in [5, 5.41) is 3.56. The van der Waals surface area contributed by atoms with Gasteiger partial charge in [0.2, 0.25) is 0 Å². The minimum Gasteiger partial charge on any atom is -0.376 e. The fraction of sp³-hybridized carbons (Fsp3) is 0.643. The average molecular weight is 250 g/mol. The molecule has 98 valence electrons. The molecular formula is C14H19FN2O. The summed E-state index contributed by atoms with van der Waals surface area (Å²) < 4.78 is 18.9. The quantitative estimate of drug-likeness (QED) is 0.891. The second-order valence-electron chi connectivity index (χ2n) is 5.39. The molecule has 1 aromatic heterocycles. The lowest BCUT2D eigenvalue weighted by atomic mass is 10.0. The molecule has 2 aliphatic rings. The van der Waals surface area contributed by atoms with Gasteiger partial charge in [-0.2, -0.15) is 0 Å². The van der Waals surface area contributed by atoms with E-state index in [1.54, 1.807) is 12.3 Å². The predicted molar refractivity (Wildman–Crippen MR) is 66.6 cm³/mol. The molecule has 0 spiro atoms. The summed E-state index contributed by atoms with van der Waals surface area (Å²) in [7, 11) is 0. The Morgan fingerprint density at radius 2 is 2.22 bits per heavy atom. The summed E-state index contributed by atoms with van der Waals surface area (Å²) in [5.41, 5.74) is 0.899. The fourth-order valence-electron chi connectivity index (χ4n) is 2.76. The monoisotopic (exact) mass is 250 g/mol. The van der Waals surface area contributed by atoms with Crippen LogP contribution in [0.5, 0.6) is 0 Å². The minimum atomic E-state index is -0.275. The van der Waals surface area contributed by atoms with Crippen LogP contribution in [0.4, 0.5) is 4.39 Å². The molecule has 2 heterocycles. The molecule has 0 bridgehead atoms. The molecule has 1 saturated heterocycles. The van der Waals surface area contributed by atoms with E-state index in [9.17, 15) is 4.39 Å². The van der Waals surface area contributed by atoms with Crippen LogP contribution in [-0.4, -0.2) is 23.7 Å². The van der Waals surface area contributed by atoms with Gasteiger partial charge in [0.15, 0.2) is 0 Å². The van der Waals surface area contributed by atoms with Crippen LogP contribution >= 0.6 is 0 Å². The van der Waals surface area contributed by atoms with E-state index in [1.165, 1.54) is 19.0 Å². The van der Waals surface area contributed by atoms with Crippen molar-refractivity contribution in [3.8, 4) is 0 Å². The molecule has 4 heteroatoms. The van der Waals surface area contributed by atoms with Crippen LogP contribution in [0.1, 0.15) is 37.8 Å². The Kier molecular flexibility index (Phi) is 3.31. The topological polar surface area (TPSA) is 34.1 Å². The predicted octanol–water partition coefficient (Wildman–Crippen LogP) is 2.44. The smallest absolute Gasteiger partial charge is 0.141 e. The van der Waals surface area contributed by atoms with E-state index in [-0.39, 0.29) is 11.9 Å². The molecule has 1 aromatic rings. The summed E-state index contributed by atoms with van der Waals surface area (Å²) >= 11 is 0.